The number of hydrogen-bond acceptors (Lipinski definition) is 5. The maximum absolute atomic E-state index is 14.4. The summed E-state index contributed by atoms with van der Waals surface area (Å²) in [5, 5.41) is 3.81. The zero-order valence-electron chi connectivity index (χ0n) is 28.2. The van der Waals surface area contributed by atoms with E-state index in [0.717, 1.165) is 43.2 Å². The van der Waals surface area contributed by atoms with Gasteiger partial charge in [0.1, 0.15) is 12.6 Å². The van der Waals surface area contributed by atoms with Gasteiger partial charge in [-0.05, 0) is 99.5 Å². The van der Waals surface area contributed by atoms with E-state index in [4.69, 9.17) is 22.1 Å². The molecule has 0 aromatic heterocycles. The fourth-order valence-electron chi connectivity index (χ4n) is 8.82. The van der Waals surface area contributed by atoms with Crippen LogP contribution in [0.1, 0.15) is 88.8 Å². The Morgan fingerprint density at radius 1 is 1.00 bits per heavy atom. The van der Waals surface area contributed by atoms with Gasteiger partial charge in [-0.1, -0.05) is 67.3 Å². The second-order valence-corrected chi connectivity index (χ2v) is 15.8. The minimum atomic E-state index is -0.845. The Morgan fingerprint density at radius 2 is 1.68 bits per heavy atom. The maximum atomic E-state index is 14.4. The van der Waals surface area contributed by atoms with E-state index in [2.05, 4.69) is 25.2 Å². The number of nitrogens with two attached hydrogens (primary N) is 1. The van der Waals surface area contributed by atoms with Crippen LogP contribution in [0.15, 0.2) is 48.5 Å². The molecular formula is C38H51ClN4O4. The van der Waals surface area contributed by atoms with Gasteiger partial charge in [-0.2, -0.15) is 0 Å². The average molecular weight is 663 g/mol. The molecule has 2 saturated heterocycles. The topological polar surface area (TPSA) is 105 Å². The van der Waals surface area contributed by atoms with Crippen molar-refractivity contribution in [2.24, 2.45) is 23.0 Å². The monoisotopic (exact) mass is 662 g/mol. The van der Waals surface area contributed by atoms with Crippen molar-refractivity contribution in [3.8, 4) is 0 Å². The van der Waals surface area contributed by atoms with Crippen LogP contribution in [0.5, 0.6) is 0 Å². The third-order valence-corrected chi connectivity index (χ3v) is 12.1. The molecule has 2 aliphatic carbocycles. The summed E-state index contributed by atoms with van der Waals surface area (Å²) in [7, 11) is 0. The number of nitrogens with zero attached hydrogens (tertiary/aromatic N) is 2. The van der Waals surface area contributed by atoms with E-state index >= 15 is 0 Å². The van der Waals surface area contributed by atoms with Gasteiger partial charge in [0.15, 0.2) is 0 Å². The molecule has 3 N–H and O–H groups in total. The first-order valence-corrected chi connectivity index (χ1v) is 17.9. The number of fused-ring (bicyclic) bond motifs is 1. The Kier molecular flexibility index (Phi) is 9.65. The number of ether oxygens (including phenoxy) is 1. The van der Waals surface area contributed by atoms with Crippen LogP contribution in [-0.4, -0.2) is 65.5 Å². The number of rotatable bonds is 8. The van der Waals surface area contributed by atoms with Crippen LogP contribution in [0.4, 0.5) is 4.79 Å². The molecule has 9 heteroatoms. The van der Waals surface area contributed by atoms with Crippen molar-refractivity contribution < 1.29 is 19.1 Å². The van der Waals surface area contributed by atoms with Gasteiger partial charge in [0.25, 0.3) is 0 Å². The molecule has 3 atom stereocenters. The summed E-state index contributed by atoms with van der Waals surface area (Å²) in [6.07, 6.45) is 9.19. The molecule has 1 saturated carbocycles. The lowest BCUT2D eigenvalue weighted by Gasteiger charge is -2.51. The average Bonchev–Trinajstić information content (AvgIpc) is 3.32. The second kappa shape index (κ2) is 13.4. The molecule has 2 aromatic rings. The number of piperidine rings is 1. The summed E-state index contributed by atoms with van der Waals surface area (Å²) in [6.45, 7) is 8.33. The van der Waals surface area contributed by atoms with E-state index in [0.29, 0.717) is 50.0 Å². The smallest absolute Gasteiger partial charge is 0.410 e. The molecule has 2 heterocycles. The third-order valence-electron chi connectivity index (χ3n) is 11.8. The number of nitrogens with one attached hydrogen (secondary N) is 1. The van der Waals surface area contributed by atoms with Crippen molar-refractivity contribution in [1.29, 1.82) is 0 Å². The number of amides is 3. The summed E-state index contributed by atoms with van der Waals surface area (Å²) in [5.41, 5.74) is 8.73. The highest BCUT2D eigenvalue weighted by molar-refractivity contribution is 6.30. The van der Waals surface area contributed by atoms with E-state index in [1.165, 1.54) is 24.8 Å². The molecule has 47 heavy (non-hydrogen) atoms. The standard InChI is InChI=1S/C38H51ClN4O4/c1-36(2)25-47-35(46)43(36)24-38(28-10-5-4-6-11-28)19-21-42(22-20-38)34(45)32(23-26-13-16-29(39)17-14-26)41-33(44)31-18-15-27-9-7-8-12-30(27)37(31,3)40/h7-9,12-14,16-17,28,31-32H,4-6,10-11,15,18-25,40H2,1-3H3,(H,41,44)/t31?,32-,37+/m1/s1. The van der Waals surface area contributed by atoms with Crippen LogP contribution in [0.25, 0.3) is 0 Å². The molecule has 0 radical (unpaired) electrons. The Labute approximate surface area is 284 Å². The molecule has 6 rings (SSSR count). The summed E-state index contributed by atoms with van der Waals surface area (Å²) >= 11 is 6.18. The molecule has 4 aliphatic rings. The fourth-order valence-corrected chi connectivity index (χ4v) is 8.95. The Bertz CT molecular complexity index is 1460. The van der Waals surface area contributed by atoms with Gasteiger partial charge >= 0.3 is 6.09 Å². The molecule has 254 valence electrons. The molecular weight excluding hydrogens is 612 g/mol. The molecule has 0 bridgehead atoms. The van der Waals surface area contributed by atoms with Gasteiger partial charge in [0, 0.05) is 31.1 Å². The number of likely N-dealkylation sites (tertiary alicyclic amines) is 1. The van der Waals surface area contributed by atoms with Crippen molar-refractivity contribution in [1.82, 2.24) is 15.1 Å². The van der Waals surface area contributed by atoms with Crippen LogP contribution >= 0.6 is 11.6 Å². The molecule has 2 aromatic carbocycles. The number of carbonyl (C=O) groups excluding carboxylic acids is 3. The second-order valence-electron chi connectivity index (χ2n) is 15.4. The van der Waals surface area contributed by atoms with E-state index in [9.17, 15) is 14.4 Å². The van der Waals surface area contributed by atoms with Gasteiger partial charge < -0.3 is 20.7 Å². The van der Waals surface area contributed by atoms with Crippen molar-refractivity contribution >= 4 is 29.5 Å². The minimum Gasteiger partial charge on any atom is -0.447 e. The predicted octanol–water partition coefficient (Wildman–Crippen LogP) is 6.22. The maximum Gasteiger partial charge on any atom is 0.410 e. The largest absolute Gasteiger partial charge is 0.447 e. The van der Waals surface area contributed by atoms with E-state index in [-0.39, 0.29) is 28.9 Å². The Balaban J connectivity index is 1.21. The van der Waals surface area contributed by atoms with Crippen LogP contribution in [0, 0.1) is 17.3 Å². The van der Waals surface area contributed by atoms with Gasteiger partial charge in [-0.3, -0.25) is 14.5 Å². The predicted molar refractivity (Wildman–Crippen MR) is 184 cm³/mol. The minimum absolute atomic E-state index is 0.0659. The zero-order valence-corrected chi connectivity index (χ0v) is 29.0. The van der Waals surface area contributed by atoms with Crippen LogP contribution in [-0.2, 0) is 32.7 Å². The number of cyclic esters (lactones) is 1. The zero-order chi connectivity index (χ0) is 33.4. The molecule has 3 amide bonds. The number of hydrogen-bond donors (Lipinski definition) is 2. The van der Waals surface area contributed by atoms with E-state index in [1.54, 1.807) is 0 Å². The number of halogens is 1. The first kappa shape index (κ1) is 33.8. The summed E-state index contributed by atoms with van der Waals surface area (Å²) in [6, 6.07) is 14.8. The van der Waals surface area contributed by atoms with Gasteiger partial charge in [0.2, 0.25) is 11.8 Å². The van der Waals surface area contributed by atoms with Gasteiger partial charge in [0.05, 0.1) is 17.0 Å². The summed E-state index contributed by atoms with van der Waals surface area (Å²) < 4.78 is 5.50. The molecule has 1 unspecified atom stereocenters. The van der Waals surface area contributed by atoms with Crippen molar-refractivity contribution in [3.63, 3.8) is 0 Å². The number of aryl methyl sites for hydroxylation is 1. The fraction of sp³-hybridized carbons (Fsp3) is 0.605. The quantitative estimate of drug-likeness (QED) is 0.349. The van der Waals surface area contributed by atoms with E-state index < -0.39 is 17.5 Å². The number of carbonyl (C=O) groups is 3. The lowest BCUT2D eigenvalue weighted by atomic mass is 9.63. The SMILES string of the molecule is CC1(C)COC(=O)N1CC1(C2CCCCC2)CCN(C(=O)[C@@H](Cc2ccc(Cl)cc2)NC(=O)C2CCc3ccccc3[C@]2(C)N)CC1. The lowest BCUT2D eigenvalue weighted by molar-refractivity contribution is -0.141. The first-order valence-electron chi connectivity index (χ1n) is 17.5. The highest BCUT2D eigenvalue weighted by atomic mass is 35.5. The van der Waals surface area contributed by atoms with Gasteiger partial charge in [-0.25, -0.2) is 4.79 Å². The van der Waals surface area contributed by atoms with Crippen molar-refractivity contribution in [3.05, 3.63) is 70.2 Å². The Morgan fingerprint density at radius 3 is 2.34 bits per heavy atom. The molecule has 3 fully saturated rings. The van der Waals surface area contributed by atoms with Crippen LogP contribution in [0.3, 0.4) is 0 Å². The van der Waals surface area contributed by atoms with Crippen LogP contribution < -0.4 is 11.1 Å². The summed E-state index contributed by atoms with van der Waals surface area (Å²) in [4.78, 5) is 45.2. The molecule has 8 nitrogen and oxygen atoms in total. The first-order chi connectivity index (χ1) is 22.4. The lowest BCUT2D eigenvalue weighted by Crippen LogP contribution is -2.59. The van der Waals surface area contributed by atoms with Gasteiger partial charge in [-0.15, -0.1) is 0 Å². The molecule has 2 aliphatic heterocycles. The third kappa shape index (κ3) is 6.91. The highest BCUT2D eigenvalue weighted by Crippen LogP contribution is 2.48. The van der Waals surface area contributed by atoms with Crippen molar-refractivity contribution in [2.75, 3.05) is 26.2 Å². The highest BCUT2D eigenvalue weighted by Gasteiger charge is 2.50. The van der Waals surface area contributed by atoms with Crippen LogP contribution in [0.2, 0.25) is 5.02 Å². The number of benzene rings is 2. The van der Waals surface area contributed by atoms with Crippen molar-refractivity contribution in [2.45, 2.75) is 102 Å². The normalized spacial score (nSPS) is 26.3. The Hall–Kier alpha value is -3.10. The molecule has 0 spiro atoms. The van der Waals surface area contributed by atoms with E-state index in [1.807, 2.05) is 59.2 Å². The summed E-state index contributed by atoms with van der Waals surface area (Å²) in [5.74, 6) is -0.193.